The van der Waals surface area contributed by atoms with Crippen molar-refractivity contribution in [3.63, 3.8) is 0 Å². The minimum absolute atomic E-state index is 0.104. The van der Waals surface area contributed by atoms with Crippen LogP contribution in [-0.4, -0.2) is 91.1 Å². The van der Waals surface area contributed by atoms with Gasteiger partial charge in [0.2, 0.25) is 11.0 Å². The van der Waals surface area contributed by atoms with Crippen LogP contribution in [0.25, 0.3) is 21.8 Å². The number of pyridine rings is 1. The van der Waals surface area contributed by atoms with E-state index >= 15 is 0 Å². The fourth-order valence-electron chi connectivity index (χ4n) is 5.64. The molecule has 0 aliphatic rings. The van der Waals surface area contributed by atoms with E-state index in [9.17, 15) is 22.6 Å². The summed E-state index contributed by atoms with van der Waals surface area (Å²) in [6.45, 7) is 8.37. The lowest BCUT2D eigenvalue weighted by Crippen LogP contribution is -2.37. The summed E-state index contributed by atoms with van der Waals surface area (Å²) in [5.74, 6) is -0.393. The predicted octanol–water partition coefficient (Wildman–Crippen LogP) is 5.03. The van der Waals surface area contributed by atoms with E-state index in [2.05, 4.69) is 0 Å². The summed E-state index contributed by atoms with van der Waals surface area (Å²) in [6, 6.07) is 13.8. The first kappa shape index (κ1) is 39.4. The highest BCUT2D eigenvalue weighted by Gasteiger charge is 2.28. The van der Waals surface area contributed by atoms with Gasteiger partial charge >= 0.3 is 11.9 Å². The Hall–Kier alpha value is -4.34. The van der Waals surface area contributed by atoms with Gasteiger partial charge in [0, 0.05) is 32.3 Å². The quantitative estimate of drug-likeness (QED) is 0.0324. The predicted molar refractivity (Wildman–Crippen MR) is 190 cm³/mol. The van der Waals surface area contributed by atoms with E-state index in [-0.39, 0.29) is 31.7 Å². The van der Waals surface area contributed by atoms with E-state index in [1.807, 2.05) is 11.5 Å². The van der Waals surface area contributed by atoms with Crippen LogP contribution < -0.4 is 18.8 Å². The standard InChI is InChI=1S/C37H45NO12S/c1-6-13-46-16-18-48-28-8-10-32-30(23-28)34(37(40)50-35-25(2)21-27(22-26(35)3)36(39)45-5)31-24-29(49-19-17-47-15-14-44-4)9-11-33(31)38(32)12-7-20-51(41,42)43/h8-11,21-24H,6-7,12-20H2,1-5H3/p+1. The minimum atomic E-state index is -4.21. The number of rotatable bonds is 20. The molecule has 0 saturated heterocycles. The molecule has 276 valence electrons. The molecule has 0 radical (unpaired) electrons. The van der Waals surface area contributed by atoms with Gasteiger partial charge in [-0.2, -0.15) is 13.0 Å². The molecule has 4 rings (SSSR count). The largest absolute Gasteiger partial charge is 0.491 e. The van der Waals surface area contributed by atoms with Gasteiger partial charge in [-0.1, -0.05) is 6.92 Å². The number of aromatic nitrogens is 1. The first-order valence-electron chi connectivity index (χ1n) is 16.7. The molecule has 0 fully saturated rings. The van der Waals surface area contributed by atoms with Crippen LogP contribution in [0.3, 0.4) is 0 Å². The van der Waals surface area contributed by atoms with Crippen LogP contribution in [0, 0.1) is 13.8 Å². The van der Waals surface area contributed by atoms with Gasteiger partial charge in [-0.25, -0.2) is 9.59 Å². The van der Waals surface area contributed by atoms with Crippen molar-refractivity contribution in [1.29, 1.82) is 0 Å². The van der Waals surface area contributed by atoms with Crippen molar-refractivity contribution >= 4 is 43.9 Å². The Labute approximate surface area is 298 Å². The number of aryl methyl sites for hydroxylation is 3. The number of benzene rings is 3. The molecular formula is C37H46NO12S+. The maximum Gasteiger partial charge on any atom is 0.345 e. The molecule has 51 heavy (non-hydrogen) atoms. The molecule has 1 aromatic heterocycles. The highest BCUT2D eigenvalue weighted by molar-refractivity contribution is 7.85. The number of hydrogen-bond donors (Lipinski definition) is 1. The van der Waals surface area contributed by atoms with Crippen LogP contribution in [0.1, 0.15) is 51.6 Å². The lowest BCUT2D eigenvalue weighted by Gasteiger charge is -2.16. The Morgan fingerprint density at radius 1 is 0.745 bits per heavy atom. The molecule has 0 amide bonds. The molecule has 3 aromatic carbocycles. The van der Waals surface area contributed by atoms with Gasteiger partial charge in [0.05, 0.1) is 61.2 Å². The number of fused-ring (bicyclic) bond motifs is 2. The van der Waals surface area contributed by atoms with Gasteiger partial charge in [-0.3, -0.25) is 4.55 Å². The molecule has 1 N–H and O–H groups in total. The topological polar surface area (TPSA) is 157 Å². The Bertz CT molecular complexity index is 1920. The lowest BCUT2D eigenvalue weighted by molar-refractivity contribution is -0.645. The molecule has 14 heteroatoms. The van der Waals surface area contributed by atoms with E-state index in [1.54, 1.807) is 69.5 Å². The Morgan fingerprint density at radius 3 is 1.80 bits per heavy atom. The summed E-state index contributed by atoms with van der Waals surface area (Å²) >= 11 is 0. The van der Waals surface area contributed by atoms with E-state index in [1.165, 1.54) is 7.11 Å². The third-order valence-electron chi connectivity index (χ3n) is 7.89. The van der Waals surface area contributed by atoms with Crippen molar-refractivity contribution < 1.29 is 60.3 Å². The van der Waals surface area contributed by atoms with Crippen LogP contribution in [0.4, 0.5) is 0 Å². The molecule has 0 bridgehead atoms. The summed E-state index contributed by atoms with van der Waals surface area (Å²) in [5.41, 5.74) is 2.87. The third-order valence-corrected chi connectivity index (χ3v) is 8.70. The average molecular weight is 729 g/mol. The molecule has 13 nitrogen and oxygen atoms in total. The van der Waals surface area contributed by atoms with Crippen molar-refractivity contribution in [1.82, 2.24) is 0 Å². The fraction of sp³-hybridized carbons (Fsp3) is 0.432. The molecular weight excluding hydrogens is 682 g/mol. The Kier molecular flexibility index (Phi) is 14.5. The average Bonchev–Trinajstić information content (AvgIpc) is 3.09. The SMILES string of the molecule is CCCOCCOc1ccc2c(c1)c(C(=O)Oc1c(C)cc(C(=O)OC)cc1C)c1cc(OCCOCCOC)ccc1[n+]2CCCS(=O)(=O)O. The highest BCUT2D eigenvalue weighted by atomic mass is 32.2. The van der Waals surface area contributed by atoms with Gasteiger partial charge < -0.3 is 33.2 Å². The summed E-state index contributed by atoms with van der Waals surface area (Å²) in [5, 5.41) is 0.954. The summed E-state index contributed by atoms with van der Waals surface area (Å²) in [4.78, 5) is 26.7. The number of nitrogens with zero attached hydrogens (tertiary/aromatic N) is 1. The van der Waals surface area contributed by atoms with Crippen molar-refractivity contribution in [2.45, 2.75) is 40.2 Å². The van der Waals surface area contributed by atoms with Crippen LogP contribution in [0.2, 0.25) is 0 Å². The zero-order valence-electron chi connectivity index (χ0n) is 29.7. The van der Waals surface area contributed by atoms with E-state index in [4.69, 9.17) is 33.2 Å². The number of carbonyl (C=O) groups is 2. The van der Waals surface area contributed by atoms with Crippen LogP contribution >= 0.6 is 0 Å². The van der Waals surface area contributed by atoms with E-state index < -0.39 is 27.8 Å². The van der Waals surface area contributed by atoms with Crippen molar-refractivity contribution in [3.05, 3.63) is 70.8 Å². The van der Waals surface area contributed by atoms with Gasteiger partial charge in [0.25, 0.3) is 10.1 Å². The number of methoxy groups -OCH3 is 2. The number of esters is 2. The highest BCUT2D eigenvalue weighted by Crippen LogP contribution is 2.33. The fourth-order valence-corrected chi connectivity index (χ4v) is 6.13. The summed E-state index contributed by atoms with van der Waals surface area (Å²) in [7, 11) is -1.33. The van der Waals surface area contributed by atoms with E-state index in [0.29, 0.717) is 88.8 Å². The van der Waals surface area contributed by atoms with Gasteiger partial charge in [-0.05, 0) is 67.8 Å². The van der Waals surface area contributed by atoms with Crippen molar-refractivity contribution in [2.24, 2.45) is 0 Å². The van der Waals surface area contributed by atoms with Gasteiger partial charge in [0.15, 0.2) is 6.54 Å². The molecule has 0 spiro atoms. The Balaban J connectivity index is 1.86. The summed E-state index contributed by atoms with van der Waals surface area (Å²) in [6.07, 6.45) is 0.982. The second kappa shape index (κ2) is 18.8. The first-order valence-corrected chi connectivity index (χ1v) is 18.3. The molecule has 1 heterocycles. The Morgan fingerprint density at radius 2 is 1.29 bits per heavy atom. The molecule has 0 unspecified atom stereocenters. The molecule has 0 aliphatic heterocycles. The zero-order valence-corrected chi connectivity index (χ0v) is 30.5. The maximum absolute atomic E-state index is 14.4. The number of hydrogen-bond acceptors (Lipinski definition) is 11. The van der Waals surface area contributed by atoms with Gasteiger partial charge in [0.1, 0.15) is 30.5 Å². The number of ether oxygens (including phenoxy) is 7. The second-order valence-corrected chi connectivity index (χ2v) is 13.3. The lowest BCUT2D eigenvalue weighted by atomic mass is 10.0. The van der Waals surface area contributed by atoms with Crippen LogP contribution in [-0.2, 0) is 35.6 Å². The van der Waals surface area contributed by atoms with Crippen molar-refractivity contribution in [2.75, 3.05) is 66.2 Å². The van der Waals surface area contributed by atoms with Crippen molar-refractivity contribution in [3.8, 4) is 17.2 Å². The molecule has 0 atom stereocenters. The van der Waals surface area contributed by atoms with Crippen LogP contribution in [0.15, 0.2) is 48.5 Å². The minimum Gasteiger partial charge on any atom is -0.491 e. The second-order valence-electron chi connectivity index (χ2n) is 11.8. The van der Waals surface area contributed by atoms with E-state index in [0.717, 1.165) is 6.42 Å². The summed E-state index contributed by atoms with van der Waals surface area (Å²) < 4.78 is 73.7. The smallest absolute Gasteiger partial charge is 0.345 e. The molecule has 0 aliphatic carbocycles. The maximum atomic E-state index is 14.4. The number of carbonyl (C=O) groups excluding carboxylic acids is 2. The van der Waals surface area contributed by atoms with Crippen LogP contribution in [0.5, 0.6) is 17.2 Å². The monoisotopic (exact) mass is 728 g/mol. The molecule has 4 aromatic rings. The third kappa shape index (κ3) is 10.8. The molecule has 0 saturated carbocycles. The zero-order chi connectivity index (χ0) is 37.0. The normalized spacial score (nSPS) is 11.6. The first-order chi connectivity index (χ1) is 24.5. The van der Waals surface area contributed by atoms with Gasteiger partial charge in [-0.15, -0.1) is 0 Å².